The zero-order valence-corrected chi connectivity index (χ0v) is 8.84. The Morgan fingerprint density at radius 2 is 2.20 bits per heavy atom. The van der Waals surface area contributed by atoms with Gasteiger partial charge in [0, 0.05) is 31.5 Å². The second kappa shape index (κ2) is 4.74. The first-order valence-electron chi connectivity index (χ1n) is 5.13. The Bertz CT molecular complexity index is 242. The first-order chi connectivity index (χ1) is 6.93. The summed E-state index contributed by atoms with van der Waals surface area (Å²) in [5.41, 5.74) is 11.1. The van der Waals surface area contributed by atoms with E-state index in [1.54, 1.807) is 0 Å². The number of nitrogens with two attached hydrogens (primary N) is 2. The van der Waals surface area contributed by atoms with Gasteiger partial charge >= 0.3 is 0 Å². The topological polar surface area (TPSA) is 76.4 Å². The molecular weight excluding hydrogens is 202 g/mol. The minimum Gasteiger partial charge on any atom is -0.370 e. The van der Waals surface area contributed by atoms with Crippen LogP contribution in [0, 0.1) is 0 Å². The summed E-state index contributed by atoms with van der Waals surface area (Å²) in [4.78, 5) is 3.89. The highest BCUT2D eigenvalue weighted by Gasteiger charge is 2.40. The second-order valence-corrected chi connectivity index (χ2v) is 3.96. The van der Waals surface area contributed by atoms with Crippen LogP contribution < -0.4 is 16.8 Å². The number of hydrogen-bond acceptors (Lipinski definition) is 2. The van der Waals surface area contributed by atoms with Crippen molar-refractivity contribution in [3.63, 3.8) is 0 Å². The Morgan fingerprint density at radius 1 is 1.53 bits per heavy atom. The molecule has 1 aliphatic rings. The average molecular weight is 220 g/mol. The maximum atomic E-state index is 13.1. The van der Waals surface area contributed by atoms with Crippen LogP contribution in [-0.2, 0) is 0 Å². The Hall–Kier alpha value is -0.910. The van der Waals surface area contributed by atoms with Gasteiger partial charge in [0.05, 0.1) is 0 Å². The second-order valence-electron chi connectivity index (χ2n) is 3.96. The molecule has 1 aliphatic carbocycles. The maximum absolute atomic E-state index is 13.1. The minimum absolute atomic E-state index is 0.215. The summed E-state index contributed by atoms with van der Waals surface area (Å²) in [5.74, 6) is -2.48. The third-order valence-corrected chi connectivity index (χ3v) is 2.37. The van der Waals surface area contributed by atoms with Gasteiger partial charge in [-0.15, -0.1) is 0 Å². The van der Waals surface area contributed by atoms with Gasteiger partial charge in [0.25, 0.3) is 5.92 Å². The fourth-order valence-electron chi connectivity index (χ4n) is 1.89. The van der Waals surface area contributed by atoms with Crippen LogP contribution in [0.5, 0.6) is 0 Å². The van der Waals surface area contributed by atoms with Crippen molar-refractivity contribution in [2.75, 3.05) is 6.54 Å². The molecule has 6 heteroatoms. The van der Waals surface area contributed by atoms with Gasteiger partial charge in [-0.3, -0.25) is 4.99 Å². The van der Waals surface area contributed by atoms with E-state index >= 15 is 0 Å². The predicted octanol–water partition coefficient (Wildman–Crippen LogP) is 0.426. The largest absolute Gasteiger partial charge is 0.370 e. The predicted molar refractivity (Wildman–Crippen MR) is 55.9 cm³/mol. The molecule has 0 saturated heterocycles. The van der Waals surface area contributed by atoms with E-state index in [1.807, 2.05) is 6.92 Å². The molecule has 1 rings (SSSR count). The third-order valence-electron chi connectivity index (χ3n) is 2.37. The zero-order chi connectivity index (χ0) is 11.5. The van der Waals surface area contributed by atoms with Crippen molar-refractivity contribution >= 4 is 5.96 Å². The number of nitrogens with one attached hydrogen (secondary N) is 1. The summed E-state index contributed by atoms with van der Waals surface area (Å²) >= 11 is 0. The molecule has 0 aromatic rings. The average Bonchev–Trinajstić information content (AvgIpc) is 1.99. The van der Waals surface area contributed by atoms with Crippen LogP contribution in [0.15, 0.2) is 4.99 Å². The van der Waals surface area contributed by atoms with E-state index in [0.29, 0.717) is 13.0 Å². The van der Waals surface area contributed by atoms with Crippen molar-refractivity contribution in [2.45, 2.75) is 44.2 Å². The first kappa shape index (κ1) is 12.2. The molecule has 88 valence electrons. The highest BCUT2D eigenvalue weighted by Crippen LogP contribution is 2.32. The summed E-state index contributed by atoms with van der Waals surface area (Å²) in [6, 6.07) is -0.847. The molecule has 15 heavy (non-hydrogen) atoms. The summed E-state index contributed by atoms with van der Waals surface area (Å²) in [7, 11) is 0. The Labute approximate surface area is 88.1 Å². The van der Waals surface area contributed by atoms with Crippen LogP contribution in [0.2, 0.25) is 0 Å². The van der Waals surface area contributed by atoms with Gasteiger partial charge in [-0.2, -0.15) is 0 Å². The lowest BCUT2D eigenvalue weighted by Crippen LogP contribution is -2.50. The number of rotatable bonds is 2. The molecular formula is C9H18F2N4. The fraction of sp³-hybridized carbons (Fsp3) is 0.889. The zero-order valence-electron chi connectivity index (χ0n) is 8.84. The lowest BCUT2D eigenvalue weighted by atomic mass is 9.88. The molecule has 0 radical (unpaired) electrons. The molecule has 0 aromatic carbocycles. The van der Waals surface area contributed by atoms with Gasteiger partial charge in [-0.25, -0.2) is 8.78 Å². The Balaban J connectivity index is 2.52. The van der Waals surface area contributed by atoms with Gasteiger partial charge in [-0.1, -0.05) is 0 Å². The fourth-order valence-corrected chi connectivity index (χ4v) is 1.89. The van der Waals surface area contributed by atoms with Gasteiger partial charge in [0.1, 0.15) is 0 Å². The van der Waals surface area contributed by atoms with Crippen molar-refractivity contribution in [3.05, 3.63) is 0 Å². The molecule has 2 unspecified atom stereocenters. The van der Waals surface area contributed by atoms with Crippen molar-refractivity contribution < 1.29 is 8.78 Å². The molecule has 4 nitrogen and oxygen atoms in total. The van der Waals surface area contributed by atoms with Crippen molar-refractivity contribution in [3.8, 4) is 0 Å². The maximum Gasteiger partial charge on any atom is 0.251 e. The third kappa shape index (κ3) is 3.99. The highest BCUT2D eigenvalue weighted by atomic mass is 19.3. The number of nitrogens with zero attached hydrogens (tertiary/aromatic N) is 1. The van der Waals surface area contributed by atoms with E-state index in [2.05, 4.69) is 10.3 Å². The van der Waals surface area contributed by atoms with Crippen molar-refractivity contribution in [1.82, 2.24) is 5.32 Å². The Morgan fingerprint density at radius 3 is 2.73 bits per heavy atom. The molecule has 0 amide bonds. The van der Waals surface area contributed by atoms with E-state index < -0.39 is 12.0 Å². The number of halogens is 2. The van der Waals surface area contributed by atoms with Crippen LogP contribution in [0.1, 0.15) is 26.2 Å². The minimum atomic E-state index is -2.69. The monoisotopic (exact) mass is 220 g/mol. The molecule has 0 spiro atoms. The molecule has 1 saturated carbocycles. The summed E-state index contributed by atoms with van der Waals surface area (Å²) < 4.78 is 26.3. The molecule has 1 fully saturated rings. The number of aliphatic imine (C=N–C) groups is 1. The number of guanidine groups is 1. The quantitative estimate of drug-likeness (QED) is 0.466. The van der Waals surface area contributed by atoms with E-state index in [9.17, 15) is 8.78 Å². The van der Waals surface area contributed by atoms with Crippen LogP contribution in [0.3, 0.4) is 0 Å². The standard InChI is InChI=1S/C9H18F2N4/c1-2-14-8(13)15-7-3-6(12)4-9(10,11)5-7/h6-7H,2-5,12H2,1H3,(H3,13,14,15). The van der Waals surface area contributed by atoms with E-state index in [-0.39, 0.29) is 24.8 Å². The summed E-state index contributed by atoms with van der Waals surface area (Å²) in [5, 5.41) is 2.77. The molecule has 0 heterocycles. The first-order valence-corrected chi connectivity index (χ1v) is 5.13. The van der Waals surface area contributed by atoms with Crippen molar-refractivity contribution in [1.29, 1.82) is 0 Å². The van der Waals surface area contributed by atoms with Crippen molar-refractivity contribution in [2.24, 2.45) is 16.5 Å². The molecule has 2 atom stereocenters. The number of hydrogen-bond donors (Lipinski definition) is 3. The smallest absolute Gasteiger partial charge is 0.251 e. The van der Waals surface area contributed by atoms with Crippen LogP contribution >= 0.6 is 0 Å². The van der Waals surface area contributed by atoms with Gasteiger partial charge in [0.2, 0.25) is 0 Å². The summed E-state index contributed by atoms with van der Waals surface area (Å²) in [6.45, 7) is 2.36. The van der Waals surface area contributed by atoms with Gasteiger partial charge in [0.15, 0.2) is 5.96 Å². The van der Waals surface area contributed by atoms with Crippen LogP contribution in [0.25, 0.3) is 0 Å². The summed E-state index contributed by atoms with van der Waals surface area (Å²) in [6.07, 6.45) is 0.0478. The van der Waals surface area contributed by atoms with Crippen LogP contribution in [-0.4, -0.2) is 30.5 Å². The molecule has 0 aliphatic heterocycles. The number of alkyl halides is 2. The highest BCUT2D eigenvalue weighted by molar-refractivity contribution is 5.78. The van der Waals surface area contributed by atoms with E-state index in [0.717, 1.165) is 0 Å². The van der Waals surface area contributed by atoms with E-state index in [4.69, 9.17) is 11.5 Å². The normalized spacial score (nSPS) is 31.3. The van der Waals surface area contributed by atoms with Crippen LogP contribution in [0.4, 0.5) is 8.78 Å². The molecule has 0 bridgehead atoms. The SMILES string of the molecule is CCN=C(N)NC1CC(N)CC(F)(F)C1. The lowest BCUT2D eigenvalue weighted by Gasteiger charge is -2.33. The molecule has 0 aromatic heterocycles. The lowest BCUT2D eigenvalue weighted by molar-refractivity contribution is -0.0479. The van der Waals surface area contributed by atoms with Gasteiger partial charge < -0.3 is 16.8 Å². The Kier molecular flexibility index (Phi) is 3.84. The van der Waals surface area contributed by atoms with Gasteiger partial charge in [-0.05, 0) is 13.3 Å². The van der Waals surface area contributed by atoms with E-state index in [1.165, 1.54) is 0 Å². The molecule has 5 N–H and O–H groups in total.